The van der Waals surface area contributed by atoms with Crippen molar-refractivity contribution in [2.45, 2.75) is 17.5 Å². The number of thioether (sulfide) groups is 1. The molecule has 0 spiro atoms. The maximum atomic E-state index is 12.5. The zero-order valence-corrected chi connectivity index (χ0v) is 12.0. The fourth-order valence-corrected chi connectivity index (χ4v) is 2.32. The molecule has 0 fully saturated rings. The third-order valence-corrected chi connectivity index (χ3v) is 3.64. The van der Waals surface area contributed by atoms with Crippen LogP contribution < -0.4 is 5.73 Å². The number of benzene rings is 1. The molecule has 2 N–H and O–H groups in total. The molecule has 7 heteroatoms. The lowest BCUT2D eigenvalue weighted by molar-refractivity contribution is -0.137. The zero-order chi connectivity index (χ0) is 15.0. The van der Waals surface area contributed by atoms with Gasteiger partial charge in [0, 0.05) is 30.1 Å². The molecule has 0 atom stereocenters. The van der Waals surface area contributed by atoms with Gasteiger partial charge in [0.15, 0.2) is 0 Å². The Balaban J connectivity index is 2.34. The third-order valence-electron chi connectivity index (χ3n) is 2.46. The minimum Gasteiger partial charge on any atom is -0.398 e. The van der Waals surface area contributed by atoms with Gasteiger partial charge in [-0.3, -0.25) is 0 Å². The van der Waals surface area contributed by atoms with Crippen LogP contribution in [0.15, 0.2) is 23.1 Å². The summed E-state index contributed by atoms with van der Waals surface area (Å²) in [5.74, 6) is 0.739. The second kappa shape index (κ2) is 8.39. The van der Waals surface area contributed by atoms with E-state index in [2.05, 4.69) is 0 Å². The minimum atomic E-state index is -4.35. The van der Waals surface area contributed by atoms with Crippen molar-refractivity contribution in [3.05, 3.63) is 23.8 Å². The van der Waals surface area contributed by atoms with E-state index in [4.69, 9.17) is 15.2 Å². The van der Waals surface area contributed by atoms with Gasteiger partial charge in [0.2, 0.25) is 0 Å². The van der Waals surface area contributed by atoms with Gasteiger partial charge in [-0.1, -0.05) is 0 Å². The monoisotopic (exact) mass is 309 g/mol. The normalized spacial score (nSPS) is 11.8. The maximum absolute atomic E-state index is 12.5. The molecule has 0 bridgehead atoms. The molecule has 0 aliphatic rings. The number of hydrogen-bond acceptors (Lipinski definition) is 4. The number of rotatable bonds is 8. The van der Waals surface area contributed by atoms with Gasteiger partial charge in [0.05, 0.1) is 18.8 Å². The number of alkyl halides is 3. The smallest absolute Gasteiger partial charge is 0.398 e. The van der Waals surface area contributed by atoms with E-state index in [0.29, 0.717) is 24.7 Å². The summed E-state index contributed by atoms with van der Waals surface area (Å²) >= 11 is 1.43. The van der Waals surface area contributed by atoms with Crippen LogP contribution in [-0.2, 0) is 15.7 Å². The number of nitrogens with two attached hydrogens (primary N) is 1. The fraction of sp³-hybridized carbons (Fsp3) is 0.538. The van der Waals surface area contributed by atoms with Gasteiger partial charge in [-0.2, -0.15) is 13.2 Å². The first-order valence-electron chi connectivity index (χ1n) is 6.11. The van der Waals surface area contributed by atoms with Gasteiger partial charge in [0.1, 0.15) is 0 Å². The fourth-order valence-electron chi connectivity index (χ4n) is 1.44. The summed E-state index contributed by atoms with van der Waals surface area (Å²) in [4.78, 5) is 0.662. The van der Waals surface area contributed by atoms with E-state index in [1.54, 1.807) is 7.11 Å². The molecule has 0 aromatic heterocycles. The minimum absolute atomic E-state index is 0.158. The molecule has 1 rings (SSSR count). The average molecular weight is 309 g/mol. The predicted octanol–water partition coefficient (Wildman–Crippen LogP) is 3.43. The molecule has 0 unspecified atom stereocenters. The van der Waals surface area contributed by atoms with Crippen LogP contribution in [0.2, 0.25) is 0 Å². The molecule has 0 saturated carbocycles. The van der Waals surface area contributed by atoms with E-state index >= 15 is 0 Å². The Hall–Kier alpha value is -0.920. The summed E-state index contributed by atoms with van der Waals surface area (Å²) in [6.07, 6.45) is -3.55. The van der Waals surface area contributed by atoms with Crippen molar-refractivity contribution in [1.82, 2.24) is 0 Å². The van der Waals surface area contributed by atoms with E-state index in [1.807, 2.05) is 0 Å². The molecule has 0 heterocycles. The van der Waals surface area contributed by atoms with Crippen LogP contribution in [0.25, 0.3) is 0 Å². The van der Waals surface area contributed by atoms with Crippen molar-refractivity contribution in [2.24, 2.45) is 0 Å². The highest BCUT2D eigenvalue weighted by Crippen LogP contribution is 2.34. The van der Waals surface area contributed by atoms with Crippen LogP contribution in [-0.4, -0.2) is 32.7 Å². The Labute approximate surface area is 120 Å². The van der Waals surface area contributed by atoms with Crippen molar-refractivity contribution >= 4 is 17.4 Å². The molecule has 20 heavy (non-hydrogen) atoms. The first kappa shape index (κ1) is 17.1. The summed E-state index contributed by atoms with van der Waals surface area (Å²) in [7, 11) is 1.60. The summed E-state index contributed by atoms with van der Waals surface area (Å²) in [6.45, 7) is 1.69. The summed E-state index contributed by atoms with van der Waals surface area (Å²) in [5, 5.41) is 0. The molecule has 114 valence electrons. The van der Waals surface area contributed by atoms with E-state index in [9.17, 15) is 13.2 Å². The molecule has 0 radical (unpaired) electrons. The Kier molecular flexibility index (Phi) is 7.18. The lowest BCUT2D eigenvalue weighted by atomic mass is 10.2. The highest BCUT2D eigenvalue weighted by Gasteiger charge is 2.30. The Morgan fingerprint density at radius 3 is 2.55 bits per heavy atom. The van der Waals surface area contributed by atoms with Gasteiger partial charge < -0.3 is 15.2 Å². The van der Waals surface area contributed by atoms with E-state index in [-0.39, 0.29) is 5.69 Å². The summed E-state index contributed by atoms with van der Waals surface area (Å²) in [5.41, 5.74) is 5.07. The van der Waals surface area contributed by atoms with Crippen molar-refractivity contribution in [2.75, 3.05) is 38.4 Å². The molecule has 0 saturated heterocycles. The molecule has 0 amide bonds. The molecular formula is C13H18F3NO2S. The number of nitrogen functional groups attached to an aromatic ring is 1. The SMILES string of the molecule is COCCOCCCSc1ccc(C(F)(F)F)cc1N. The van der Waals surface area contributed by atoms with E-state index in [0.717, 1.165) is 24.3 Å². The van der Waals surface area contributed by atoms with Crippen LogP contribution in [0.5, 0.6) is 0 Å². The average Bonchev–Trinajstić information content (AvgIpc) is 2.38. The topological polar surface area (TPSA) is 44.5 Å². The maximum Gasteiger partial charge on any atom is 0.416 e. The molecule has 0 aliphatic heterocycles. The van der Waals surface area contributed by atoms with Gasteiger partial charge in [-0.15, -0.1) is 11.8 Å². The lowest BCUT2D eigenvalue weighted by Gasteiger charge is -2.10. The second-order valence-electron chi connectivity index (χ2n) is 4.06. The number of anilines is 1. The highest BCUT2D eigenvalue weighted by atomic mass is 32.2. The Morgan fingerprint density at radius 1 is 1.20 bits per heavy atom. The predicted molar refractivity (Wildman–Crippen MR) is 73.9 cm³/mol. The standard InChI is InChI=1S/C13H18F3NO2S/c1-18-6-7-19-5-2-8-20-12-4-3-10(9-11(12)17)13(14,15)16/h3-4,9H,2,5-8,17H2,1H3. The highest BCUT2D eigenvalue weighted by molar-refractivity contribution is 7.99. The molecular weight excluding hydrogens is 291 g/mol. The van der Waals surface area contributed by atoms with Crippen LogP contribution in [0.1, 0.15) is 12.0 Å². The number of hydrogen-bond donors (Lipinski definition) is 1. The first-order valence-corrected chi connectivity index (χ1v) is 7.10. The molecule has 1 aromatic rings. The zero-order valence-electron chi connectivity index (χ0n) is 11.2. The van der Waals surface area contributed by atoms with Crippen LogP contribution >= 0.6 is 11.8 Å². The van der Waals surface area contributed by atoms with Crippen molar-refractivity contribution in [3.8, 4) is 0 Å². The first-order chi connectivity index (χ1) is 9.45. The van der Waals surface area contributed by atoms with Crippen molar-refractivity contribution in [1.29, 1.82) is 0 Å². The van der Waals surface area contributed by atoms with Gasteiger partial charge >= 0.3 is 6.18 Å². The Morgan fingerprint density at radius 2 is 1.95 bits per heavy atom. The molecule has 3 nitrogen and oxygen atoms in total. The van der Waals surface area contributed by atoms with Crippen molar-refractivity contribution < 1.29 is 22.6 Å². The van der Waals surface area contributed by atoms with Gasteiger partial charge in [0.25, 0.3) is 0 Å². The largest absolute Gasteiger partial charge is 0.416 e. The lowest BCUT2D eigenvalue weighted by Crippen LogP contribution is -2.06. The second-order valence-corrected chi connectivity index (χ2v) is 5.19. The van der Waals surface area contributed by atoms with Crippen LogP contribution in [0, 0.1) is 0 Å². The number of methoxy groups -OCH3 is 1. The van der Waals surface area contributed by atoms with Crippen LogP contribution in [0.3, 0.4) is 0 Å². The van der Waals surface area contributed by atoms with Crippen molar-refractivity contribution in [3.63, 3.8) is 0 Å². The van der Waals surface area contributed by atoms with Gasteiger partial charge in [-0.05, 0) is 24.6 Å². The summed E-state index contributed by atoms with van der Waals surface area (Å²) in [6, 6.07) is 3.43. The third kappa shape index (κ3) is 6.02. The quantitative estimate of drug-likeness (QED) is 0.454. The van der Waals surface area contributed by atoms with E-state index < -0.39 is 11.7 Å². The van der Waals surface area contributed by atoms with Gasteiger partial charge in [-0.25, -0.2) is 0 Å². The number of halogens is 3. The van der Waals surface area contributed by atoms with Crippen LogP contribution in [0.4, 0.5) is 18.9 Å². The molecule has 1 aromatic carbocycles. The van der Waals surface area contributed by atoms with E-state index in [1.165, 1.54) is 17.8 Å². The molecule has 0 aliphatic carbocycles. The summed E-state index contributed by atoms with van der Waals surface area (Å²) < 4.78 is 47.5. The number of ether oxygens (including phenoxy) is 2. The Bertz CT molecular complexity index is 413.